The maximum atomic E-state index is 12.7. The number of halogens is 3. The van der Waals surface area contributed by atoms with Crippen molar-refractivity contribution in [2.24, 2.45) is 0 Å². The van der Waals surface area contributed by atoms with Gasteiger partial charge in [-0.25, -0.2) is 8.42 Å². The van der Waals surface area contributed by atoms with E-state index >= 15 is 0 Å². The molecule has 0 saturated carbocycles. The average molecular weight is 463 g/mol. The molecule has 1 aromatic carbocycles. The van der Waals surface area contributed by atoms with Gasteiger partial charge in [-0.1, -0.05) is 6.07 Å². The molecule has 11 heteroatoms. The molecule has 0 aliphatic carbocycles. The lowest BCUT2D eigenvalue weighted by atomic mass is 10.2. The Bertz CT molecular complexity index is 937. The summed E-state index contributed by atoms with van der Waals surface area (Å²) in [6, 6.07) is 8.09. The van der Waals surface area contributed by atoms with Crippen LogP contribution in [0.5, 0.6) is 5.75 Å². The van der Waals surface area contributed by atoms with Crippen LogP contribution in [0.25, 0.3) is 0 Å². The normalized spacial score (nSPS) is 15.9. The number of amides is 1. The lowest BCUT2D eigenvalue weighted by molar-refractivity contribution is -0.274. The highest BCUT2D eigenvalue weighted by Gasteiger charge is 2.32. The molecule has 1 amide bonds. The van der Waals surface area contributed by atoms with E-state index in [2.05, 4.69) is 4.74 Å². The average Bonchev–Trinajstić information content (AvgIpc) is 3.21. The summed E-state index contributed by atoms with van der Waals surface area (Å²) in [5.41, 5.74) is 0. The van der Waals surface area contributed by atoms with E-state index in [0.29, 0.717) is 6.42 Å². The second-order valence-corrected chi connectivity index (χ2v) is 9.71. The molecular formula is C19H21F3N2O4S2. The van der Waals surface area contributed by atoms with Crippen molar-refractivity contribution >= 4 is 27.3 Å². The van der Waals surface area contributed by atoms with E-state index in [-0.39, 0.29) is 37.0 Å². The van der Waals surface area contributed by atoms with E-state index in [1.807, 2.05) is 17.5 Å². The summed E-state index contributed by atoms with van der Waals surface area (Å²) in [6.45, 7) is 0.846. The standard InChI is InChI=1S/C19H21F3N2O4S2/c20-19(21,22)28-15-6-8-17(9-7-15)30(26,27)24-12-10-23(11-13-24)18(25)5-1-3-16-4-2-14-29-16/h2,4,6-9,14H,1,3,5,10-13H2. The number of nitrogens with zero attached hydrogens (tertiary/aromatic N) is 2. The second kappa shape index (κ2) is 9.36. The quantitative estimate of drug-likeness (QED) is 0.632. The van der Waals surface area contributed by atoms with Gasteiger partial charge in [0.15, 0.2) is 0 Å². The van der Waals surface area contributed by atoms with Gasteiger partial charge in [0.05, 0.1) is 4.90 Å². The van der Waals surface area contributed by atoms with Gasteiger partial charge in [0.2, 0.25) is 15.9 Å². The van der Waals surface area contributed by atoms with E-state index in [9.17, 15) is 26.4 Å². The number of hydrogen-bond acceptors (Lipinski definition) is 5. The van der Waals surface area contributed by atoms with Gasteiger partial charge in [0.25, 0.3) is 0 Å². The molecular weight excluding hydrogens is 441 g/mol. The summed E-state index contributed by atoms with van der Waals surface area (Å²) in [7, 11) is -3.86. The molecule has 30 heavy (non-hydrogen) atoms. The fraction of sp³-hybridized carbons (Fsp3) is 0.421. The minimum atomic E-state index is -4.84. The molecule has 164 valence electrons. The number of alkyl halides is 3. The fourth-order valence-electron chi connectivity index (χ4n) is 3.17. The molecule has 0 atom stereocenters. The van der Waals surface area contributed by atoms with Gasteiger partial charge in [-0.05, 0) is 48.6 Å². The van der Waals surface area contributed by atoms with E-state index in [1.54, 1.807) is 16.2 Å². The van der Waals surface area contributed by atoms with Crippen molar-refractivity contribution < 1.29 is 31.1 Å². The summed E-state index contributed by atoms with van der Waals surface area (Å²) < 4.78 is 67.2. The maximum Gasteiger partial charge on any atom is 0.573 e. The van der Waals surface area contributed by atoms with Crippen LogP contribution in [0, 0.1) is 0 Å². The Kier molecular flexibility index (Phi) is 7.04. The minimum Gasteiger partial charge on any atom is -0.406 e. The monoisotopic (exact) mass is 462 g/mol. The largest absolute Gasteiger partial charge is 0.573 e. The van der Waals surface area contributed by atoms with Gasteiger partial charge in [-0.15, -0.1) is 24.5 Å². The molecule has 0 N–H and O–H groups in total. The third-order valence-electron chi connectivity index (χ3n) is 4.68. The number of ether oxygens (including phenoxy) is 1. The number of carbonyl (C=O) groups excluding carboxylic acids is 1. The molecule has 1 aliphatic rings. The highest BCUT2D eigenvalue weighted by atomic mass is 32.2. The van der Waals surface area contributed by atoms with Gasteiger partial charge in [-0.2, -0.15) is 4.31 Å². The highest BCUT2D eigenvalue weighted by Crippen LogP contribution is 2.25. The number of hydrogen-bond donors (Lipinski definition) is 0. The van der Waals surface area contributed by atoms with Crippen molar-refractivity contribution in [3.8, 4) is 5.75 Å². The number of benzene rings is 1. The van der Waals surface area contributed by atoms with E-state index in [0.717, 1.165) is 37.1 Å². The van der Waals surface area contributed by atoms with Gasteiger partial charge in [0.1, 0.15) is 5.75 Å². The number of carbonyl (C=O) groups is 1. The first kappa shape index (κ1) is 22.6. The van der Waals surface area contributed by atoms with Crippen molar-refractivity contribution in [3.63, 3.8) is 0 Å². The number of thiophene rings is 1. The lowest BCUT2D eigenvalue weighted by Gasteiger charge is -2.34. The molecule has 0 spiro atoms. The van der Waals surface area contributed by atoms with Crippen molar-refractivity contribution in [1.82, 2.24) is 9.21 Å². The molecule has 2 heterocycles. The molecule has 0 unspecified atom stereocenters. The second-order valence-electron chi connectivity index (χ2n) is 6.74. The first-order valence-corrected chi connectivity index (χ1v) is 11.6. The van der Waals surface area contributed by atoms with Gasteiger partial charge < -0.3 is 9.64 Å². The zero-order valence-corrected chi connectivity index (χ0v) is 17.6. The summed E-state index contributed by atoms with van der Waals surface area (Å²) in [4.78, 5) is 15.1. The molecule has 1 aromatic heterocycles. The zero-order valence-electron chi connectivity index (χ0n) is 16.0. The zero-order chi connectivity index (χ0) is 21.8. The topological polar surface area (TPSA) is 66.9 Å². The molecule has 1 aliphatic heterocycles. The third kappa shape index (κ3) is 5.96. The molecule has 0 bridgehead atoms. The van der Waals surface area contributed by atoms with Crippen LogP contribution < -0.4 is 4.74 Å². The van der Waals surface area contributed by atoms with Crippen LogP contribution in [-0.2, 0) is 21.2 Å². The third-order valence-corrected chi connectivity index (χ3v) is 7.53. The predicted molar refractivity (Wildman–Crippen MR) is 106 cm³/mol. The Hall–Kier alpha value is -2.11. The SMILES string of the molecule is O=C(CCCc1cccs1)N1CCN(S(=O)(=O)c2ccc(OC(F)(F)F)cc2)CC1. The Morgan fingerprint density at radius 2 is 1.73 bits per heavy atom. The number of piperazine rings is 1. The Labute approximate surface area is 176 Å². The Morgan fingerprint density at radius 1 is 1.07 bits per heavy atom. The Morgan fingerprint density at radius 3 is 2.30 bits per heavy atom. The van der Waals surface area contributed by atoms with Crippen molar-refractivity contribution in [2.75, 3.05) is 26.2 Å². The maximum absolute atomic E-state index is 12.7. The molecule has 0 radical (unpaired) electrons. The molecule has 2 aromatic rings. The van der Waals surface area contributed by atoms with E-state index in [4.69, 9.17) is 0 Å². The van der Waals surface area contributed by atoms with Crippen molar-refractivity contribution in [1.29, 1.82) is 0 Å². The molecule has 6 nitrogen and oxygen atoms in total. The lowest BCUT2D eigenvalue weighted by Crippen LogP contribution is -2.50. The Balaban J connectivity index is 1.51. The van der Waals surface area contributed by atoms with Crippen LogP contribution in [-0.4, -0.2) is 56.1 Å². The minimum absolute atomic E-state index is 0.00254. The van der Waals surface area contributed by atoms with E-state index < -0.39 is 22.1 Å². The van der Waals surface area contributed by atoms with Crippen molar-refractivity contribution in [3.05, 3.63) is 46.7 Å². The van der Waals surface area contributed by atoms with Gasteiger partial charge in [0, 0.05) is 37.5 Å². The first-order chi connectivity index (χ1) is 14.1. The van der Waals surface area contributed by atoms with Crippen LogP contribution in [0.3, 0.4) is 0 Å². The number of sulfonamides is 1. The summed E-state index contributed by atoms with van der Waals surface area (Å²) in [5.74, 6) is -0.489. The summed E-state index contributed by atoms with van der Waals surface area (Å²) in [5, 5.41) is 1.99. The predicted octanol–water partition coefficient (Wildman–Crippen LogP) is 3.50. The summed E-state index contributed by atoms with van der Waals surface area (Å²) in [6.07, 6.45) is -2.85. The van der Waals surface area contributed by atoms with Gasteiger partial charge in [-0.3, -0.25) is 4.79 Å². The van der Waals surface area contributed by atoms with Crippen molar-refractivity contribution in [2.45, 2.75) is 30.5 Å². The van der Waals surface area contributed by atoms with Gasteiger partial charge >= 0.3 is 6.36 Å². The summed E-state index contributed by atoms with van der Waals surface area (Å²) >= 11 is 1.65. The number of aryl methyl sites for hydroxylation is 1. The highest BCUT2D eigenvalue weighted by molar-refractivity contribution is 7.89. The number of rotatable bonds is 7. The molecule has 3 rings (SSSR count). The van der Waals surface area contributed by atoms with Crippen LogP contribution in [0.1, 0.15) is 17.7 Å². The molecule has 1 fully saturated rings. The molecule has 1 saturated heterocycles. The van der Waals surface area contributed by atoms with Crippen LogP contribution in [0.4, 0.5) is 13.2 Å². The van der Waals surface area contributed by atoms with Crippen LogP contribution in [0.2, 0.25) is 0 Å². The van der Waals surface area contributed by atoms with Crippen LogP contribution in [0.15, 0.2) is 46.7 Å². The fourth-order valence-corrected chi connectivity index (χ4v) is 5.34. The first-order valence-electron chi connectivity index (χ1n) is 9.31. The van der Waals surface area contributed by atoms with E-state index in [1.165, 1.54) is 9.18 Å². The smallest absolute Gasteiger partial charge is 0.406 e. The van der Waals surface area contributed by atoms with Crippen LogP contribution >= 0.6 is 11.3 Å².